The molecule has 0 fully saturated rings. The Morgan fingerprint density at radius 1 is 1.21 bits per heavy atom. The summed E-state index contributed by atoms with van der Waals surface area (Å²) in [6.07, 6.45) is 0.490. The van der Waals surface area contributed by atoms with Gasteiger partial charge in [0.15, 0.2) is 0 Å². The highest BCUT2D eigenvalue weighted by atomic mass is 32.1. The van der Waals surface area contributed by atoms with Crippen molar-refractivity contribution in [2.24, 2.45) is 17.8 Å². The van der Waals surface area contributed by atoms with Crippen molar-refractivity contribution in [3.8, 4) is 0 Å². The van der Waals surface area contributed by atoms with E-state index in [4.69, 9.17) is 0 Å². The van der Waals surface area contributed by atoms with Crippen LogP contribution in [-0.2, 0) is 9.59 Å². The molecule has 7 heteroatoms. The van der Waals surface area contributed by atoms with Crippen molar-refractivity contribution >= 4 is 29.1 Å². The molecular weight excluding hydrogens is 328 g/mol. The van der Waals surface area contributed by atoms with Crippen molar-refractivity contribution in [1.29, 1.82) is 0 Å². The van der Waals surface area contributed by atoms with Crippen LogP contribution in [0, 0.1) is 17.8 Å². The summed E-state index contributed by atoms with van der Waals surface area (Å²) >= 11 is 1.30. The molecule has 0 saturated heterocycles. The first-order valence-electron chi connectivity index (χ1n) is 8.07. The minimum absolute atomic E-state index is 0.0600. The van der Waals surface area contributed by atoms with Crippen LogP contribution >= 0.6 is 11.3 Å². The van der Waals surface area contributed by atoms with Crippen LogP contribution in [0.1, 0.15) is 43.8 Å². The molecule has 6 nitrogen and oxygen atoms in total. The van der Waals surface area contributed by atoms with Gasteiger partial charge < -0.3 is 15.7 Å². The number of hydrogen-bond donors (Lipinski definition) is 3. The van der Waals surface area contributed by atoms with Crippen molar-refractivity contribution in [2.75, 3.05) is 6.54 Å². The Balaban J connectivity index is 2.66. The lowest BCUT2D eigenvalue weighted by Gasteiger charge is -2.23. The van der Waals surface area contributed by atoms with Crippen molar-refractivity contribution in [3.05, 3.63) is 22.4 Å². The highest BCUT2D eigenvalue weighted by Gasteiger charge is 2.27. The van der Waals surface area contributed by atoms with Gasteiger partial charge in [-0.1, -0.05) is 33.8 Å². The topological polar surface area (TPSA) is 95.5 Å². The van der Waals surface area contributed by atoms with E-state index in [1.165, 1.54) is 11.3 Å². The molecule has 1 rings (SSSR count). The first kappa shape index (κ1) is 20.2. The van der Waals surface area contributed by atoms with E-state index in [9.17, 15) is 19.5 Å². The first-order valence-corrected chi connectivity index (χ1v) is 8.95. The van der Waals surface area contributed by atoms with E-state index in [-0.39, 0.29) is 30.2 Å². The zero-order valence-electron chi connectivity index (χ0n) is 14.5. The second kappa shape index (κ2) is 9.42. The SMILES string of the molecule is CC(C)CC(CNC(=O)C(NC(=O)c1cccs1)C(C)C)C(=O)O. The molecule has 0 aromatic carbocycles. The summed E-state index contributed by atoms with van der Waals surface area (Å²) in [6, 6.07) is 2.76. The van der Waals surface area contributed by atoms with Gasteiger partial charge in [-0.05, 0) is 29.7 Å². The maximum Gasteiger partial charge on any atom is 0.308 e. The molecule has 0 aliphatic heterocycles. The number of carboxylic acids is 1. The summed E-state index contributed by atoms with van der Waals surface area (Å²) in [5, 5.41) is 16.4. The molecule has 1 aromatic rings. The lowest BCUT2D eigenvalue weighted by atomic mass is 9.96. The average Bonchev–Trinajstić information content (AvgIpc) is 3.01. The molecule has 0 bridgehead atoms. The maximum atomic E-state index is 12.4. The Morgan fingerprint density at radius 2 is 1.88 bits per heavy atom. The van der Waals surface area contributed by atoms with E-state index >= 15 is 0 Å². The molecule has 1 heterocycles. The highest BCUT2D eigenvalue weighted by Crippen LogP contribution is 2.13. The quantitative estimate of drug-likeness (QED) is 0.634. The molecule has 0 radical (unpaired) electrons. The number of carbonyl (C=O) groups excluding carboxylic acids is 2. The van der Waals surface area contributed by atoms with Gasteiger partial charge in [-0.3, -0.25) is 14.4 Å². The van der Waals surface area contributed by atoms with Gasteiger partial charge in [0, 0.05) is 6.54 Å². The van der Waals surface area contributed by atoms with Crippen molar-refractivity contribution < 1.29 is 19.5 Å². The number of thiophene rings is 1. The summed E-state index contributed by atoms with van der Waals surface area (Å²) in [7, 11) is 0. The minimum atomic E-state index is -0.923. The normalized spacial score (nSPS) is 13.6. The number of rotatable bonds is 9. The summed E-state index contributed by atoms with van der Waals surface area (Å²) in [5.41, 5.74) is 0. The van der Waals surface area contributed by atoms with Gasteiger partial charge in [0.05, 0.1) is 10.8 Å². The highest BCUT2D eigenvalue weighted by molar-refractivity contribution is 7.12. The molecule has 24 heavy (non-hydrogen) atoms. The Kier molecular flexibility index (Phi) is 7.91. The van der Waals surface area contributed by atoms with E-state index in [2.05, 4.69) is 10.6 Å². The molecular formula is C17H26N2O4S. The Labute approximate surface area is 146 Å². The van der Waals surface area contributed by atoms with Gasteiger partial charge in [-0.15, -0.1) is 11.3 Å². The monoisotopic (exact) mass is 354 g/mol. The van der Waals surface area contributed by atoms with Gasteiger partial charge in [-0.25, -0.2) is 0 Å². The van der Waals surface area contributed by atoms with Crippen LogP contribution in [-0.4, -0.2) is 35.5 Å². The molecule has 3 N–H and O–H groups in total. The van der Waals surface area contributed by atoms with Crippen LogP contribution in [0.25, 0.3) is 0 Å². The average molecular weight is 354 g/mol. The number of carboxylic acid groups (broad SMARTS) is 1. The third-order valence-electron chi connectivity index (χ3n) is 3.61. The van der Waals surface area contributed by atoms with Gasteiger partial charge in [0.2, 0.25) is 5.91 Å². The van der Waals surface area contributed by atoms with E-state index in [0.717, 1.165) is 0 Å². The Bertz CT molecular complexity index is 555. The van der Waals surface area contributed by atoms with E-state index in [0.29, 0.717) is 11.3 Å². The number of aliphatic carboxylic acids is 1. The van der Waals surface area contributed by atoms with Crippen LogP contribution in [0.4, 0.5) is 0 Å². The van der Waals surface area contributed by atoms with Crippen molar-refractivity contribution in [2.45, 2.75) is 40.2 Å². The molecule has 134 valence electrons. The molecule has 2 unspecified atom stereocenters. The van der Waals surface area contributed by atoms with Crippen LogP contribution in [0.2, 0.25) is 0 Å². The predicted molar refractivity (Wildman–Crippen MR) is 94.0 cm³/mol. The minimum Gasteiger partial charge on any atom is -0.481 e. The van der Waals surface area contributed by atoms with Gasteiger partial charge >= 0.3 is 5.97 Å². The predicted octanol–water partition coefficient (Wildman–Crippen LogP) is 2.37. The lowest BCUT2D eigenvalue weighted by Crippen LogP contribution is -2.50. The molecule has 1 aromatic heterocycles. The Morgan fingerprint density at radius 3 is 2.33 bits per heavy atom. The zero-order valence-corrected chi connectivity index (χ0v) is 15.4. The second-order valence-electron chi connectivity index (χ2n) is 6.58. The smallest absolute Gasteiger partial charge is 0.308 e. The lowest BCUT2D eigenvalue weighted by molar-refractivity contribution is -0.142. The summed E-state index contributed by atoms with van der Waals surface area (Å²) < 4.78 is 0. The molecule has 2 amide bonds. The van der Waals surface area contributed by atoms with E-state index in [1.54, 1.807) is 17.5 Å². The van der Waals surface area contributed by atoms with Crippen LogP contribution in [0.15, 0.2) is 17.5 Å². The molecule has 0 aliphatic carbocycles. The summed E-state index contributed by atoms with van der Waals surface area (Å²) in [4.78, 5) is 36.3. The number of nitrogens with one attached hydrogen (secondary N) is 2. The van der Waals surface area contributed by atoms with Crippen molar-refractivity contribution in [3.63, 3.8) is 0 Å². The van der Waals surface area contributed by atoms with Gasteiger partial charge in [0.25, 0.3) is 5.91 Å². The third kappa shape index (κ3) is 6.31. The van der Waals surface area contributed by atoms with Gasteiger partial charge in [-0.2, -0.15) is 0 Å². The van der Waals surface area contributed by atoms with E-state index < -0.39 is 17.9 Å². The fourth-order valence-corrected chi connectivity index (χ4v) is 2.96. The number of amides is 2. The third-order valence-corrected chi connectivity index (χ3v) is 4.48. The molecule has 0 spiro atoms. The fraction of sp³-hybridized carbons (Fsp3) is 0.588. The fourth-order valence-electron chi connectivity index (χ4n) is 2.33. The molecule has 0 aliphatic rings. The van der Waals surface area contributed by atoms with Crippen LogP contribution in [0.5, 0.6) is 0 Å². The van der Waals surface area contributed by atoms with Crippen molar-refractivity contribution in [1.82, 2.24) is 10.6 Å². The van der Waals surface area contributed by atoms with Crippen LogP contribution < -0.4 is 10.6 Å². The molecule has 2 atom stereocenters. The largest absolute Gasteiger partial charge is 0.481 e. The summed E-state index contributed by atoms with van der Waals surface area (Å²) in [6.45, 7) is 7.61. The van der Waals surface area contributed by atoms with Gasteiger partial charge in [0.1, 0.15) is 6.04 Å². The second-order valence-corrected chi connectivity index (χ2v) is 7.53. The number of hydrogen-bond acceptors (Lipinski definition) is 4. The van der Waals surface area contributed by atoms with Crippen LogP contribution in [0.3, 0.4) is 0 Å². The van der Waals surface area contributed by atoms with E-state index in [1.807, 2.05) is 27.7 Å². The first-order chi connectivity index (χ1) is 11.2. The number of carbonyl (C=O) groups is 3. The Hall–Kier alpha value is -1.89. The summed E-state index contributed by atoms with van der Waals surface area (Å²) in [5.74, 6) is -2.09. The zero-order chi connectivity index (χ0) is 18.3. The molecule has 0 saturated carbocycles. The maximum absolute atomic E-state index is 12.4. The standard InChI is InChI=1S/C17H26N2O4S/c1-10(2)8-12(17(22)23)9-18-16(21)14(11(3)4)19-15(20)13-6-5-7-24-13/h5-7,10-12,14H,8-9H2,1-4H3,(H,18,21)(H,19,20)(H,22,23).